The molecule has 5 aromatic rings. The van der Waals surface area contributed by atoms with E-state index in [9.17, 15) is 10.1 Å². The molecule has 0 radical (unpaired) electrons. The van der Waals surface area contributed by atoms with E-state index in [-0.39, 0.29) is 10.6 Å². The van der Waals surface area contributed by atoms with Gasteiger partial charge in [0.05, 0.1) is 4.92 Å². The molecule has 0 aliphatic carbocycles. The van der Waals surface area contributed by atoms with E-state index in [2.05, 4.69) is 65.6 Å². The lowest BCUT2D eigenvalue weighted by atomic mass is 9.99. The molecule has 0 unspecified atom stereocenters. The Morgan fingerprint density at radius 1 is 0.543 bits per heavy atom. The first kappa shape index (κ1) is 22.1. The third kappa shape index (κ3) is 4.97. The first-order chi connectivity index (χ1) is 17.2. The average molecular weight is 457 g/mol. The highest BCUT2D eigenvalue weighted by molar-refractivity contribution is 5.78. The highest BCUT2D eigenvalue weighted by Crippen LogP contribution is 2.35. The van der Waals surface area contributed by atoms with Gasteiger partial charge in [-0.05, 0) is 53.1 Å². The zero-order valence-electron chi connectivity index (χ0n) is 19.1. The van der Waals surface area contributed by atoms with Crippen LogP contribution in [0.15, 0.2) is 133 Å². The summed E-state index contributed by atoms with van der Waals surface area (Å²) in [6.07, 6.45) is 0.527. The quantitative estimate of drug-likeness (QED) is 0.183. The first-order valence-electron chi connectivity index (χ1n) is 11.5. The zero-order chi connectivity index (χ0) is 24.0. The molecule has 0 N–H and O–H groups in total. The van der Waals surface area contributed by atoms with Crippen molar-refractivity contribution in [1.82, 2.24) is 0 Å². The summed E-state index contributed by atoms with van der Waals surface area (Å²) >= 11 is 0. The van der Waals surface area contributed by atoms with Crippen LogP contribution in [0, 0.1) is 10.1 Å². The Kier molecular flexibility index (Phi) is 6.35. The maximum absolute atomic E-state index is 11.3. The Morgan fingerprint density at radius 2 is 1.00 bits per heavy atom. The largest absolute Gasteiger partial charge is 0.311 e. The fourth-order valence-electron chi connectivity index (χ4n) is 4.28. The van der Waals surface area contributed by atoms with Crippen LogP contribution in [0.3, 0.4) is 0 Å². The van der Waals surface area contributed by atoms with Crippen LogP contribution in [0.1, 0.15) is 11.1 Å². The average Bonchev–Trinajstić information content (AvgIpc) is 2.91. The van der Waals surface area contributed by atoms with Gasteiger partial charge in [0.1, 0.15) is 0 Å². The second-order valence-corrected chi connectivity index (χ2v) is 8.31. The van der Waals surface area contributed by atoms with E-state index in [4.69, 9.17) is 0 Å². The smallest absolute Gasteiger partial charge is 0.272 e. The van der Waals surface area contributed by atoms with Crippen molar-refractivity contribution in [2.75, 3.05) is 4.90 Å². The third-order valence-electron chi connectivity index (χ3n) is 6.02. The topological polar surface area (TPSA) is 46.4 Å². The highest BCUT2D eigenvalue weighted by Gasteiger charge is 2.14. The van der Waals surface area contributed by atoms with Crippen molar-refractivity contribution in [3.8, 4) is 11.1 Å². The van der Waals surface area contributed by atoms with Crippen LogP contribution in [0.5, 0.6) is 0 Å². The Hall–Kier alpha value is -4.70. The summed E-state index contributed by atoms with van der Waals surface area (Å²) in [7, 11) is 0. The van der Waals surface area contributed by atoms with Gasteiger partial charge in [-0.3, -0.25) is 10.1 Å². The van der Waals surface area contributed by atoms with Crippen molar-refractivity contribution in [3.05, 3.63) is 155 Å². The van der Waals surface area contributed by atoms with Crippen LogP contribution in [0.2, 0.25) is 0 Å². The SMILES string of the molecule is O=[N+]([O-])c1ccccc1Cc1ccc(-c2ccc(N(c3ccccc3)c3ccccc3)cc2)cc1. The lowest BCUT2D eigenvalue weighted by Gasteiger charge is -2.25. The predicted molar refractivity (Wildman–Crippen MR) is 142 cm³/mol. The van der Waals surface area contributed by atoms with Crippen molar-refractivity contribution < 1.29 is 4.92 Å². The molecule has 0 fully saturated rings. The van der Waals surface area contributed by atoms with Gasteiger partial charge in [-0.15, -0.1) is 0 Å². The summed E-state index contributed by atoms with van der Waals surface area (Å²) in [4.78, 5) is 13.2. The van der Waals surface area contributed by atoms with Gasteiger partial charge < -0.3 is 4.90 Å². The molecule has 0 saturated heterocycles. The number of hydrogen-bond donors (Lipinski definition) is 0. The van der Waals surface area contributed by atoms with Gasteiger partial charge in [0, 0.05) is 35.1 Å². The minimum atomic E-state index is -0.320. The van der Waals surface area contributed by atoms with Crippen LogP contribution < -0.4 is 4.90 Å². The van der Waals surface area contributed by atoms with Crippen molar-refractivity contribution in [1.29, 1.82) is 0 Å². The molecule has 35 heavy (non-hydrogen) atoms. The van der Waals surface area contributed by atoms with Gasteiger partial charge >= 0.3 is 0 Å². The van der Waals surface area contributed by atoms with E-state index >= 15 is 0 Å². The van der Waals surface area contributed by atoms with Gasteiger partial charge in [-0.25, -0.2) is 0 Å². The van der Waals surface area contributed by atoms with E-state index < -0.39 is 0 Å². The molecule has 0 spiro atoms. The number of nitro benzene ring substituents is 1. The molecule has 0 aliphatic heterocycles. The minimum Gasteiger partial charge on any atom is -0.311 e. The monoisotopic (exact) mass is 456 g/mol. The van der Waals surface area contributed by atoms with Crippen molar-refractivity contribution in [2.45, 2.75) is 6.42 Å². The van der Waals surface area contributed by atoms with Crippen molar-refractivity contribution in [2.24, 2.45) is 0 Å². The second-order valence-electron chi connectivity index (χ2n) is 8.31. The molecule has 0 atom stereocenters. The fraction of sp³-hybridized carbons (Fsp3) is 0.0323. The normalized spacial score (nSPS) is 10.6. The number of nitrogens with zero attached hydrogens (tertiary/aromatic N) is 2. The lowest BCUT2D eigenvalue weighted by molar-refractivity contribution is -0.385. The number of benzene rings is 5. The molecular weight excluding hydrogens is 432 g/mol. The summed E-state index contributed by atoms with van der Waals surface area (Å²) in [5, 5.41) is 11.3. The minimum absolute atomic E-state index is 0.161. The van der Waals surface area contributed by atoms with Crippen LogP contribution >= 0.6 is 0 Å². The maximum Gasteiger partial charge on any atom is 0.272 e. The molecule has 0 saturated carbocycles. The number of hydrogen-bond acceptors (Lipinski definition) is 3. The van der Waals surface area contributed by atoms with E-state index in [0.717, 1.165) is 39.3 Å². The molecule has 4 nitrogen and oxygen atoms in total. The Morgan fingerprint density at radius 3 is 1.54 bits per heavy atom. The third-order valence-corrected chi connectivity index (χ3v) is 6.02. The molecule has 5 rings (SSSR count). The highest BCUT2D eigenvalue weighted by atomic mass is 16.6. The lowest BCUT2D eigenvalue weighted by Crippen LogP contribution is -2.09. The summed E-state index contributed by atoms with van der Waals surface area (Å²) in [5.41, 5.74) is 7.43. The van der Waals surface area contributed by atoms with Crippen LogP contribution in [-0.4, -0.2) is 4.92 Å². The van der Waals surface area contributed by atoms with Gasteiger partial charge in [-0.1, -0.05) is 91.0 Å². The standard InChI is InChI=1S/C31H24N2O2/c34-33(35)31-14-8-7-9-27(31)23-24-15-17-25(18-16-24)26-19-21-30(22-20-26)32(28-10-3-1-4-11-28)29-12-5-2-6-13-29/h1-22H,23H2. The summed E-state index contributed by atoms with van der Waals surface area (Å²) in [6.45, 7) is 0. The number of anilines is 3. The van der Waals surface area contributed by atoms with Crippen molar-refractivity contribution in [3.63, 3.8) is 0 Å². The number of para-hydroxylation sites is 3. The summed E-state index contributed by atoms with van der Waals surface area (Å²) in [5.74, 6) is 0. The Balaban J connectivity index is 1.39. The van der Waals surface area contributed by atoms with E-state index in [1.165, 1.54) is 0 Å². The molecule has 5 aromatic carbocycles. The fourth-order valence-corrected chi connectivity index (χ4v) is 4.28. The molecule has 0 bridgehead atoms. The molecule has 0 heterocycles. The van der Waals surface area contributed by atoms with Crippen molar-refractivity contribution >= 4 is 22.7 Å². The summed E-state index contributed by atoms with van der Waals surface area (Å²) < 4.78 is 0. The van der Waals surface area contributed by atoms with Crippen LogP contribution in [-0.2, 0) is 6.42 Å². The molecule has 0 aromatic heterocycles. The second kappa shape index (κ2) is 10.1. The maximum atomic E-state index is 11.3. The molecular formula is C31H24N2O2. The molecule has 0 aliphatic rings. The summed E-state index contributed by atoms with van der Waals surface area (Å²) in [6, 6.07) is 44.3. The predicted octanol–water partition coefficient (Wildman–Crippen LogP) is 8.32. The molecule has 4 heteroatoms. The van der Waals surface area contributed by atoms with Gasteiger partial charge in [0.15, 0.2) is 0 Å². The van der Waals surface area contributed by atoms with E-state index in [1.54, 1.807) is 12.1 Å². The Labute approximate surface area is 204 Å². The Bertz CT molecular complexity index is 1380. The van der Waals surface area contributed by atoms with E-state index in [1.807, 2.05) is 60.7 Å². The van der Waals surface area contributed by atoms with Gasteiger partial charge in [0.25, 0.3) is 5.69 Å². The zero-order valence-corrected chi connectivity index (χ0v) is 19.1. The van der Waals surface area contributed by atoms with Crippen LogP contribution in [0.4, 0.5) is 22.7 Å². The van der Waals surface area contributed by atoms with Gasteiger partial charge in [0.2, 0.25) is 0 Å². The van der Waals surface area contributed by atoms with E-state index in [0.29, 0.717) is 6.42 Å². The van der Waals surface area contributed by atoms with Gasteiger partial charge in [-0.2, -0.15) is 0 Å². The number of nitro groups is 1. The van der Waals surface area contributed by atoms with Crippen LogP contribution in [0.25, 0.3) is 11.1 Å². The molecule has 170 valence electrons. The number of rotatable bonds is 7. The molecule has 0 amide bonds. The first-order valence-corrected chi connectivity index (χ1v) is 11.5.